The summed E-state index contributed by atoms with van der Waals surface area (Å²) in [6.45, 7) is 0. The molecule has 3 nitrogen and oxygen atoms in total. The van der Waals surface area contributed by atoms with Crippen LogP contribution in [0, 0.1) is 11.6 Å². The van der Waals surface area contributed by atoms with Crippen LogP contribution in [0.25, 0.3) is 0 Å². The van der Waals surface area contributed by atoms with Crippen molar-refractivity contribution in [1.82, 2.24) is 0 Å². The molecule has 19 heavy (non-hydrogen) atoms. The zero-order valence-electron chi connectivity index (χ0n) is 10.2. The van der Waals surface area contributed by atoms with Crippen molar-refractivity contribution in [1.29, 1.82) is 0 Å². The fourth-order valence-electron chi connectivity index (χ4n) is 1.69. The van der Waals surface area contributed by atoms with Crippen molar-refractivity contribution in [3.63, 3.8) is 0 Å². The van der Waals surface area contributed by atoms with Crippen molar-refractivity contribution < 1.29 is 13.6 Å². The summed E-state index contributed by atoms with van der Waals surface area (Å²) in [5.41, 5.74) is 6.41. The van der Waals surface area contributed by atoms with Gasteiger partial charge in [-0.25, -0.2) is 8.78 Å². The van der Waals surface area contributed by atoms with Gasteiger partial charge in [0.1, 0.15) is 11.6 Å². The zero-order chi connectivity index (χ0) is 14.0. The number of halogens is 2. The van der Waals surface area contributed by atoms with Crippen molar-refractivity contribution in [2.24, 2.45) is 0 Å². The second-order valence-electron chi connectivity index (χ2n) is 4.07. The minimum absolute atomic E-state index is 0.0685. The lowest BCUT2D eigenvalue weighted by Crippen LogP contribution is -2.27. The third-order valence-corrected chi connectivity index (χ3v) is 2.76. The number of nitrogen functional groups attached to an aromatic ring is 1. The Kier molecular flexibility index (Phi) is 3.46. The summed E-state index contributed by atoms with van der Waals surface area (Å²) in [4.78, 5) is 13.5. The second kappa shape index (κ2) is 5.06. The first-order chi connectivity index (χ1) is 8.99. The number of benzene rings is 2. The lowest BCUT2D eigenvalue weighted by Gasteiger charge is -2.18. The highest BCUT2D eigenvalue weighted by atomic mass is 19.1. The molecule has 0 aliphatic carbocycles. The molecule has 0 heterocycles. The predicted molar refractivity (Wildman–Crippen MR) is 69.9 cm³/mol. The molecule has 0 saturated carbocycles. The van der Waals surface area contributed by atoms with E-state index in [0.717, 1.165) is 6.07 Å². The molecule has 0 unspecified atom stereocenters. The van der Waals surface area contributed by atoms with Gasteiger partial charge in [-0.2, -0.15) is 0 Å². The smallest absolute Gasteiger partial charge is 0.260 e. The second-order valence-corrected chi connectivity index (χ2v) is 4.07. The van der Waals surface area contributed by atoms with Gasteiger partial charge in [-0.05, 0) is 42.5 Å². The highest BCUT2D eigenvalue weighted by Crippen LogP contribution is 2.20. The van der Waals surface area contributed by atoms with Crippen LogP contribution in [0.15, 0.2) is 42.5 Å². The number of nitrogens with zero attached hydrogens (tertiary/aromatic N) is 1. The third-order valence-electron chi connectivity index (χ3n) is 2.76. The average Bonchev–Trinajstić information content (AvgIpc) is 2.38. The summed E-state index contributed by atoms with van der Waals surface area (Å²) in [5.74, 6) is -1.27. The summed E-state index contributed by atoms with van der Waals surface area (Å²) in [6.07, 6.45) is 0. The van der Waals surface area contributed by atoms with E-state index in [1.165, 1.54) is 41.3 Å². The molecule has 2 rings (SSSR count). The molecular weight excluding hydrogens is 250 g/mol. The third kappa shape index (κ3) is 2.70. The Morgan fingerprint density at radius 3 is 2.21 bits per heavy atom. The Hall–Kier alpha value is -2.43. The normalized spacial score (nSPS) is 10.3. The first-order valence-corrected chi connectivity index (χ1v) is 5.57. The monoisotopic (exact) mass is 262 g/mol. The van der Waals surface area contributed by atoms with Crippen molar-refractivity contribution in [3.8, 4) is 0 Å². The van der Waals surface area contributed by atoms with Crippen molar-refractivity contribution >= 4 is 17.3 Å². The molecule has 0 spiro atoms. The highest BCUT2D eigenvalue weighted by Gasteiger charge is 2.16. The van der Waals surface area contributed by atoms with Gasteiger partial charge in [0.05, 0.1) is 5.56 Å². The molecule has 0 aliphatic heterocycles. The van der Waals surface area contributed by atoms with E-state index in [9.17, 15) is 13.6 Å². The maximum absolute atomic E-state index is 12.9. The van der Waals surface area contributed by atoms with E-state index in [0.29, 0.717) is 5.69 Å². The minimum atomic E-state index is -0.501. The first-order valence-electron chi connectivity index (χ1n) is 5.57. The maximum atomic E-state index is 12.9. The van der Waals surface area contributed by atoms with Gasteiger partial charge in [0, 0.05) is 18.4 Å². The quantitative estimate of drug-likeness (QED) is 0.846. The number of rotatable bonds is 2. The molecule has 0 atom stereocenters. The number of hydrogen-bond donors (Lipinski definition) is 1. The molecule has 0 radical (unpaired) electrons. The van der Waals surface area contributed by atoms with Crippen molar-refractivity contribution in [3.05, 3.63) is 59.7 Å². The molecule has 0 aliphatic rings. The largest absolute Gasteiger partial charge is 0.398 e. The van der Waals surface area contributed by atoms with E-state index in [-0.39, 0.29) is 23.0 Å². The van der Waals surface area contributed by atoms with E-state index in [1.54, 1.807) is 7.05 Å². The number of carbonyl (C=O) groups is 1. The molecule has 98 valence electrons. The lowest BCUT2D eigenvalue weighted by atomic mass is 10.1. The van der Waals surface area contributed by atoms with Crippen LogP contribution < -0.4 is 10.6 Å². The van der Waals surface area contributed by atoms with Gasteiger partial charge < -0.3 is 10.6 Å². The topological polar surface area (TPSA) is 46.3 Å². The van der Waals surface area contributed by atoms with Gasteiger partial charge in [0.2, 0.25) is 0 Å². The van der Waals surface area contributed by atoms with E-state index in [2.05, 4.69) is 0 Å². The predicted octanol–water partition coefficient (Wildman–Crippen LogP) is 2.82. The Morgan fingerprint density at radius 1 is 1.05 bits per heavy atom. The molecule has 2 aromatic carbocycles. The fourth-order valence-corrected chi connectivity index (χ4v) is 1.69. The van der Waals surface area contributed by atoms with Gasteiger partial charge in [-0.15, -0.1) is 0 Å². The van der Waals surface area contributed by atoms with Crippen LogP contribution in [0.5, 0.6) is 0 Å². The molecule has 2 N–H and O–H groups in total. The number of nitrogens with two attached hydrogens (primary N) is 1. The van der Waals surface area contributed by atoms with Crippen LogP contribution in [0.1, 0.15) is 10.4 Å². The summed E-state index contributed by atoms with van der Waals surface area (Å²) in [5, 5.41) is 0. The number of carbonyl (C=O) groups excluding carboxylic acids is 1. The number of anilines is 2. The molecular formula is C14H12F2N2O. The standard InChI is InChI=1S/C14H12F2N2O/c1-18(11-5-2-9(15)3-6-11)14(19)12-7-4-10(16)8-13(12)17/h2-8H,17H2,1H3. The van der Waals surface area contributed by atoms with E-state index < -0.39 is 5.82 Å². The van der Waals surface area contributed by atoms with Crippen LogP contribution >= 0.6 is 0 Å². The summed E-state index contributed by atoms with van der Waals surface area (Å²) >= 11 is 0. The molecule has 5 heteroatoms. The van der Waals surface area contributed by atoms with Crippen LogP contribution in [0.3, 0.4) is 0 Å². The Morgan fingerprint density at radius 2 is 1.63 bits per heavy atom. The fraction of sp³-hybridized carbons (Fsp3) is 0.0714. The summed E-state index contributed by atoms with van der Waals surface area (Å²) in [6, 6.07) is 9.06. The van der Waals surface area contributed by atoms with Crippen molar-refractivity contribution in [2.75, 3.05) is 17.7 Å². The van der Waals surface area contributed by atoms with E-state index in [1.807, 2.05) is 0 Å². The van der Waals surface area contributed by atoms with E-state index >= 15 is 0 Å². The molecule has 2 aromatic rings. The van der Waals surface area contributed by atoms with Crippen LogP contribution in [-0.4, -0.2) is 13.0 Å². The minimum Gasteiger partial charge on any atom is -0.398 e. The van der Waals surface area contributed by atoms with Gasteiger partial charge in [-0.1, -0.05) is 0 Å². The zero-order valence-corrected chi connectivity index (χ0v) is 10.2. The van der Waals surface area contributed by atoms with Gasteiger partial charge >= 0.3 is 0 Å². The van der Waals surface area contributed by atoms with Crippen LogP contribution in [0.2, 0.25) is 0 Å². The van der Waals surface area contributed by atoms with Gasteiger partial charge in [0.15, 0.2) is 0 Å². The summed E-state index contributed by atoms with van der Waals surface area (Å²) < 4.78 is 25.8. The Bertz CT molecular complexity index is 611. The molecule has 0 saturated heterocycles. The van der Waals surface area contributed by atoms with E-state index in [4.69, 9.17) is 5.73 Å². The van der Waals surface area contributed by atoms with Gasteiger partial charge in [0.25, 0.3) is 5.91 Å². The Labute approximate surface area is 109 Å². The van der Waals surface area contributed by atoms with Crippen LogP contribution in [0.4, 0.5) is 20.2 Å². The maximum Gasteiger partial charge on any atom is 0.260 e. The molecule has 0 fully saturated rings. The lowest BCUT2D eigenvalue weighted by molar-refractivity contribution is 0.0994. The molecule has 1 amide bonds. The molecule has 0 bridgehead atoms. The number of hydrogen-bond acceptors (Lipinski definition) is 2. The van der Waals surface area contributed by atoms with Crippen molar-refractivity contribution in [2.45, 2.75) is 0 Å². The van der Waals surface area contributed by atoms with Gasteiger partial charge in [-0.3, -0.25) is 4.79 Å². The SMILES string of the molecule is CN(C(=O)c1ccc(F)cc1N)c1ccc(F)cc1. The highest BCUT2D eigenvalue weighted by molar-refractivity contribution is 6.08. The summed E-state index contributed by atoms with van der Waals surface area (Å²) in [7, 11) is 1.54. The molecule has 0 aromatic heterocycles. The van der Waals surface area contributed by atoms with Crippen LogP contribution in [-0.2, 0) is 0 Å². The average molecular weight is 262 g/mol. The first kappa shape index (κ1) is 13.0. The number of amides is 1. The Balaban J connectivity index is 2.30.